The molecule has 0 unspecified atom stereocenters. The zero-order chi connectivity index (χ0) is 20.7. The summed E-state index contributed by atoms with van der Waals surface area (Å²) in [6.07, 6.45) is 0. The normalized spacial score (nSPS) is 12.4. The molecule has 0 aliphatic carbocycles. The Kier molecular flexibility index (Phi) is 7.20. The van der Waals surface area contributed by atoms with E-state index in [1.165, 1.54) is 0 Å². The van der Waals surface area contributed by atoms with Crippen LogP contribution in [0.25, 0.3) is 0 Å². The summed E-state index contributed by atoms with van der Waals surface area (Å²) in [7, 11) is 3.33. The van der Waals surface area contributed by atoms with Crippen molar-refractivity contribution in [3.63, 3.8) is 0 Å². The second kappa shape index (κ2) is 9.83. The van der Waals surface area contributed by atoms with E-state index in [-0.39, 0.29) is 12.6 Å². The van der Waals surface area contributed by atoms with Gasteiger partial charge in [0, 0.05) is 11.8 Å². The lowest BCUT2D eigenvalue weighted by atomic mass is 9.84. The molecule has 1 atom stereocenters. The Bertz CT molecular complexity index is 835. The van der Waals surface area contributed by atoms with E-state index in [0.29, 0.717) is 5.75 Å². The van der Waals surface area contributed by atoms with E-state index >= 15 is 0 Å². The number of ether oxygens (including phenoxy) is 2. The third-order valence-electron chi connectivity index (χ3n) is 4.92. The minimum Gasteiger partial charge on any atom is -0.497 e. The van der Waals surface area contributed by atoms with Crippen molar-refractivity contribution in [3.8, 4) is 11.5 Å². The molecule has 29 heavy (non-hydrogen) atoms. The van der Waals surface area contributed by atoms with E-state index in [2.05, 4.69) is 36.4 Å². The van der Waals surface area contributed by atoms with Crippen molar-refractivity contribution in [2.75, 3.05) is 26.6 Å². The van der Waals surface area contributed by atoms with Crippen molar-refractivity contribution < 1.29 is 14.6 Å². The first kappa shape index (κ1) is 21.2. The van der Waals surface area contributed by atoms with Gasteiger partial charge in [0.05, 0.1) is 25.6 Å². The topological polar surface area (TPSA) is 64.7 Å². The summed E-state index contributed by atoms with van der Waals surface area (Å²) in [6, 6.07) is 26.3. The highest BCUT2D eigenvalue weighted by atomic mass is 32.2. The van der Waals surface area contributed by atoms with Crippen LogP contribution in [0, 0.1) is 0 Å². The summed E-state index contributed by atoms with van der Waals surface area (Å²) >= 11 is 1.72. The Morgan fingerprint density at radius 3 is 1.66 bits per heavy atom. The summed E-state index contributed by atoms with van der Waals surface area (Å²) in [5.41, 5.74) is 9.47. The molecule has 0 amide bonds. The number of rotatable bonds is 9. The average Bonchev–Trinajstić information content (AvgIpc) is 2.80. The first-order valence-corrected chi connectivity index (χ1v) is 10.5. The molecule has 0 fully saturated rings. The zero-order valence-corrected chi connectivity index (χ0v) is 17.6. The molecular weight excluding hydrogens is 382 g/mol. The second-order valence-corrected chi connectivity index (χ2v) is 7.99. The minimum atomic E-state index is -0.493. The largest absolute Gasteiger partial charge is 0.497 e. The lowest BCUT2D eigenvalue weighted by molar-refractivity contribution is 0.275. The Hall–Kier alpha value is -2.47. The van der Waals surface area contributed by atoms with Crippen molar-refractivity contribution in [2.45, 2.75) is 10.8 Å². The molecule has 0 saturated carbocycles. The fourth-order valence-electron chi connectivity index (χ4n) is 3.36. The van der Waals surface area contributed by atoms with Crippen LogP contribution in [0.4, 0.5) is 0 Å². The van der Waals surface area contributed by atoms with Crippen molar-refractivity contribution in [1.82, 2.24) is 0 Å². The van der Waals surface area contributed by atoms with E-state index < -0.39 is 4.75 Å². The Morgan fingerprint density at radius 1 is 0.793 bits per heavy atom. The van der Waals surface area contributed by atoms with E-state index in [9.17, 15) is 5.11 Å². The highest BCUT2D eigenvalue weighted by Crippen LogP contribution is 2.49. The van der Waals surface area contributed by atoms with Gasteiger partial charge in [-0.15, -0.1) is 11.8 Å². The summed E-state index contributed by atoms with van der Waals surface area (Å²) in [5, 5.41) is 9.51. The molecule has 0 bridgehead atoms. The number of aliphatic hydroxyl groups excluding tert-OH is 1. The fraction of sp³-hybridized carbons (Fsp3) is 0.250. The number of thioether (sulfide) groups is 1. The Labute approximate surface area is 176 Å². The first-order valence-electron chi connectivity index (χ1n) is 9.49. The Balaban J connectivity index is 2.21. The van der Waals surface area contributed by atoms with Crippen LogP contribution in [0.15, 0.2) is 78.9 Å². The highest BCUT2D eigenvalue weighted by Gasteiger charge is 2.37. The summed E-state index contributed by atoms with van der Waals surface area (Å²) < 4.78 is 10.2. The molecule has 152 valence electrons. The molecular formula is C24H27NO3S. The molecule has 3 N–H and O–H groups in total. The summed E-state index contributed by atoms with van der Waals surface area (Å²) in [6.45, 7) is -0.0525. The van der Waals surface area contributed by atoms with E-state index in [4.69, 9.17) is 15.2 Å². The number of methoxy groups -OCH3 is 2. The number of hydrogen-bond acceptors (Lipinski definition) is 5. The van der Waals surface area contributed by atoms with Gasteiger partial charge in [0.2, 0.25) is 0 Å². The smallest absolute Gasteiger partial charge is 0.118 e. The van der Waals surface area contributed by atoms with E-state index in [0.717, 1.165) is 28.2 Å². The maximum Gasteiger partial charge on any atom is 0.118 e. The molecule has 0 aliphatic heterocycles. The highest BCUT2D eigenvalue weighted by molar-refractivity contribution is 8.00. The predicted octanol–water partition coefficient (Wildman–Crippen LogP) is 4.05. The lowest BCUT2D eigenvalue weighted by Gasteiger charge is -2.36. The molecule has 0 heterocycles. The monoisotopic (exact) mass is 409 g/mol. The maximum atomic E-state index is 9.51. The molecule has 3 rings (SSSR count). The molecule has 5 heteroatoms. The van der Waals surface area contributed by atoms with Gasteiger partial charge in [0.15, 0.2) is 0 Å². The molecule has 0 radical (unpaired) electrons. The van der Waals surface area contributed by atoms with Crippen LogP contribution in [0.5, 0.6) is 11.5 Å². The molecule has 4 nitrogen and oxygen atoms in total. The third-order valence-corrected chi connectivity index (χ3v) is 6.66. The maximum absolute atomic E-state index is 9.51. The van der Waals surface area contributed by atoms with Gasteiger partial charge in [-0.05, 0) is 41.0 Å². The zero-order valence-electron chi connectivity index (χ0n) is 16.7. The SMILES string of the molecule is COc1ccc(C(SC[C@H](N)CO)(c2ccccc2)c2ccc(OC)cc2)cc1. The van der Waals surface area contributed by atoms with Crippen LogP contribution in [0.2, 0.25) is 0 Å². The summed E-state index contributed by atoms with van der Waals surface area (Å²) in [4.78, 5) is 0. The van der Waals surface area contributed by atoms with Crippen molar-refractivity contribution in [3.05, 3.63) is 95.6 Å². The van der Waals surface area contributed by atoms with E-state index in [1.54, 1.807) is 26.0 Å². The lowest BCUT2D eigenvalue weighted by Crippen LogP contribution is -2.32. The van der Waals surface area contributed by atoms with Crippen LogP contribution >= 0.6 is 11.8 Å². The molecule has 0 aromatic heterocycles. The quantitative estimate of drug-likeness (QED) is 0.522. The van der Waals surface area contributed by atoms with Crippen molar-refractivity contribution in [2.24, 2.45) is 5.73 Å². The number of nitrogens with two attached hydrogens (primary N) is 1. The molecule has 3 aromatic carbocycles. The fourth-order valence-corrected chi connectivity index (χ4v) is 4.84. The van der Waals surface area contributed by atoms with Crippen LogP contribution in [0.3, 0.4) is 0 Å². The number of aliphatic hydroxyl groups is 1. The van der Waals surface area contributed by atoms with Gasteiger partial charge in [-0.25, -0.2) is 0 Å². The van der Waals surface area contributed by atoms with Gasteiger partial charge < -0.3 is 20.3 Å². The van der Waals surface area contributed by atoms with Gasteiger partial charge in [-0.1, -0.05) is 54.6 Å². The summed E-state index contributed by atoms with van der Waals surface area (Å²) in [5.74, 6) is 2.22. The van der Waals surface area contributed by atoms with Crippen molar-refractivity contribution in [1.29, 1.82) is 0 Å². The molecule has 3 aromatic rings. The molecule has 0 spiro atoms. The Morgan fingerprint density at radius 2 is 1.24 bits per heavy atom. The van der Waals surface area contributed by atoms with Crippen LogP contribution < -0.4 is 15.2 Å². The van der Waals surface area contributed by atoms with Gasteiger partial charge in [-0.3, -0.25) is 0 Å². The van der Waals surface area contributed by atoms with Gasteiger partial charge in [0.1, 0.15) is 11.5 Å². The van der Waals surface area contributed by atoms with Crippen LogP contribution in [0.1, 0.15) is 16.7 Å². The van der Waals surface area contributed by atoms with Crippen LogP contribution in [-0.2, 0) is 4.75 Å². The third kappa shape index (κ3) is 4.58. The predicted molar refractivity (Wildman–Crippen MR) is 120 cm³/mol. The van der Waals surface area contributed by atoms with Gasteiger partial charge >= 0.3 is 0 Å². The standard InChI is InChI=1S/C24H27NO3S/c1-27-22-12-8-19(9-13-22)24(29-17-21(25)16-26,18-6-4-3-5-7-18)20-10-14-23(28-2)15-11-20/h3-15,21,26H,16-17,25H2,1-2H3/t21-/m1/s1. The number of benzene rings is 3. The van der Waals surface area contributed by atoms with E-state index in [1.807, 2.05) is 42.5 Å². The molecule has 0 saturated heterocycles. The van der Waals surface area contributed by atoms with Gasteiger partial charge in [-0.2, -0.15) is 0 Å². The van der Waals surface area contributed by atoms with Gasteiger partial charge in [0.25, 0.3) is 0 Å². The van der Waals surface area contributed by atoms with Crippen molar-refractivity contribution >= 4 is 11.8 Å². The van der Waals surface area contributed by atoms with Crippen LogP contribution in [-0.4, -0.2) is 37.7 Å². The first-order chi connectivity index (χ1) is 14.1. The second-order valence-electron chi connectivity index (χ2n) is 6.76. The minimum absolute atomic E-state index is 0.0525. The molecule has 0 aliphatic rings. The average molecular weight is 410 g/mol. The number of hydrogen-bond donors (Lipinski definition) is 2.